The van der Waals surface area contributed by atoms with Crippen LogP contribution in [0.1, 0.15) is 117 Å². The Bertz CT molecular complexity index is 1090. The first-order valence-electron chi connectivity index (χ1n) is 16.4. The summed E-state index contributed by atoms with van der Waals surface area (Å²) in [5, 5.41) is 9.39. The predicted molar refractivity (Wildman–Crippen MR) is 178 cm³/mol. The highest BCUT2D eigenvalue weighted by molar-refractivity contribution is 5.98. The maximum Gasteiger partial charge on any atom is 0.326 e. The zero-order chi connectivity index (χ0) is 32.9. The number of hydrogen-bond donors (Lipinski definition) is 1. The molecule has 7 heteroatoms. The van der Waals surface area contributed by atoms with Gasteiger partial charge in [0.05, 0.1) is 5.70 Å². The Morgan fingerprint density at radius 1 is 1.05 bits per heavy atom. The minimum atomic E-state index is -0.923. The Morgan fingerprint density at radius 3 is 2.41 bits per heavy atom. The van der Waals surface area contributed by atoms with Crippen molar-refractivity contribution in [1.82, 2.24) is 9.88 Å². The molecule has 1 aromatic rings. The molecule has 2 rings (SSSR count). The van der Waals surface area contributed by atoms with Crippen LogP contribution in [0.2, 0.25) is 0 Å². The number of nitrogens with zero attached hydrogens (tertiary/aromatic N) is 2. The van der Waals surface area contributed by atoms with Gasteiger partial charge in [0.15, 0.2) is 5.78 Å². The number of carbonyl (C=O) groups is 4. The van der Waals surface area contributed by atoms with Crippen LogP contribution >= 0.6 is 0 Å². The molecule has 0 radical (unpaired) electrons. The molecule has 0 aliphatic carbocycles. The molecule has 1 aliphatic rings. The lowest BCUT2D eigenvalue weighted by molar-refractivity contribution is -0.144. The SMILES string of the molecule is C=CCC(C)/C=C(\C)CCCC(=O)CC(C)C(=O)C(=C)N1CCCCC1C(=O)O.CC(=O)CCCCCCc1cccnc1. The molecule has 0 bridgehead atoms. The van der Waals surface area contributed by atoms with Crippen molar-refractivity contribution in [2.24, 2.45) is 11.8 Å². The number of carboxylic acid groups (broad SMARTS) is 1. The van der Waals surface area contributed by atoms with Crippen molar-refractivity contribution in [3.8, 4) is 0 Å². The quantitative estimate of drug-likeness (QED) is 0.0906. The molecule has 2 heterocycles. The molecular formula is C37H56N2O5. The lowest BCUT2D eigenvalue weighted by Crippen LogP contribution is -2.46. The van der Waals surface area contributed by atoms with Gasteiger partial charge in [0.2, 0.25) is 0 Å². The van der Waals surface area contributed by atoms with Crippen molar-refractivity contribution >= 4 is 23.3 Å². The first kappa shape index (κ1) is 38.7. The molecule has 1 fully saturated rings. The number of aromatic nitrogens is 1. The summed E-state index contributed by atoms with van der Waals surface area (Å²) in [4.78, 5) is 52.9. The fourth-order valence-corrected chi connectivity index (χ4v) is 5.54. The first-order chi connectivity index (χ1) is 21.0. The number of hydrogen-bond acceptors (Lipinski definition) is 6. The normalized spacial score (nSPS) is 16.2. The number of piperidine rings is 1. The van der Waals surface area contributed by atoms with Crippen molar-refractivity contribution in [1.29, 1.82) is 0 Å². The molecule has 0 amide bonds. The molecule has 7 nitrogen and oxygen atoms in total. The van der Waals surface area contributed by atoms with Crippen molar-refractivity contribution < 1.29 is 24.3 Å². The van der Waals surface area contributed by atoms with Gasteiger partial charge in [-0.2, -0.15) is 0 Å². The first-order valence-corrected chi connectivity index (χ1v) is 16.4. The number of carbonyl (C=O) groups excluding carboxylic acids is 3. The van der Waals surface area contributed by atoms with Crippen LogP contribution in [0.15, 0.2) is 61.1 Å². The Morgan fingerprint density at radius 2 is 1.77 bits per heavy atom. The van der Waals surface area contributed by atoms with Crippen LogP contribution in [0.4, 0.5) is 0 Å². The highest BCUT2D eigenvalue weighted by Gasteiger charge is 2.33. The Labute approximate surface area is 265 Å². The number of Topliss-reactive ketones (excluding diaryl/α,β-unsaturated/α-hetero) is 3. The summed E-state index contributed by atoms with van der Waals surface area (Å²) >= 11 is 0. The molecule has 1 aromatic heterocycles. The predicted octanol–water partition coefficient (Wildman–Crippen LogP) is 8.10. The molecule has 44 heavy (non-hydrogen) atoms. The summed E-state index contributed by atoms with van der Waals surface area (Å²) in [5.41, 5.74) is 2.81. The summed E-state index contributed by atoms with van der Waals surface area (Å²) < 4.78 is 0. The Balaban J connectivity index is 0.000000539. The third-order valence-electron chi connectivity index (χ3n) is 8.00. The van der Waals surface area contributed by atoms with Gasteiger partial charge in [-0.1, -0.05) is 57.1 Å². The Kier molecular flexibility index (Phi) is 19.5. The van der Waals surface area contributed by atoms with E-state index in [0.29, 0.717) is 31.1 Å². The van der Waals surface area contributed by atoms with Gasteiger partial charge in [-0.25, -0.2) is 4.79 Å². The smallest absolute Gasteiger partial charge is 0.326 e. The van der Waals surface area contributed by atoms with E-state index in [-0.39, 0.29) is 23.7 Å². The summed E-state index contributed by atoms with van der Waals surface area (Å²) in [6.45, 7) is 15.7. The third kappa shape index (κ3) is 16.5. The highest BCUT2D eigenvalue weighted by atomic mass is 16.4. The van der Waals surface area contributed by atoms with Crippen LogP contribution < -0.4 is 0 Å². The second kappa shape index (κ2) is 22.2. The van der Waals surface area contributed by atoms with E-state index >= 15 is 0 Å². The lowest BCUT2D eigenvalue weighted by Gasteiger charge is -2.36. The van der Waals surface area contributed by atoms with Crippen LogP contribution in [0, 0.1) is 11.8 Å². The van der Waals surface area contributed by atoms with Gasteiger partial charge >= 0.3 is 5.97 Å². The van der Waals surface area contributed by atoms with Crippen LogP contribution in [-0.2, 0) is 25.6 Å². The van der Waals surface area contributed by atoms with E-state index in [1.165, 1.54) is 30.4 Å². The zero-order valence-corrected chi connectivity index (χ0v) is 27.7. The number of unbranched alkanes of at least 4 members (excludes halogenated alkanes) is 3. The third-order valence-corrected chi connectivity index (χ3v) is 8.00. The second-order valence-corrected chi connectivity index (χ2v) is 12.3. The number of aliphatic carboxylic acids is 1. The summed E-state index contributed by atoms with van der Waals surface area (Å²) in [6.07, 6.45) is 19.8. The van der Waals surface area contributed by atoms with E-state index in [9.17, 15) is 24.3 Å². The van der Waals surface area contributed by atoms with Crippen LogP contribution in [-0.4, -0.2) is 50.9 Å². The average molecular weight is 609 g/mol. The lowest BCUT2D eigenvalue weighted by atomic mass is 9.93. The molecule has 244 valence electrons. The number of allylic oxidation sites excluding steroid dienone is 4. The fraction of sp³-hybridized carbons (Fsp3) is 0.595. The van der Waals surface area contributed by atoms with E-state index in [0.717, 1.165) is 51.4 Å². The molecule has 0 aromatic carbocycles. The number of pyridine rings is 1. The standard InChI is InChI=1S/C24H37NO4.C13H19NO/c1-6-10-17(2)15-18(3)11-9-12-21(26)16-19(4)23(27)20(5)25-14-8-7-13-22(25)24(28)29;1-12(15)7-4-2-3-5-8-13-9-6-10-14-11-13/h6,15,17,19,22H,1,5,7-14,16H2,2-4H3,(H,28,29);6,9-11H,2-5,7-8H2,1H3/b18-15+;. The van der Waals surface area contributed by atoms with Crippen molar-refractivity contribution in [3.05, 3.63) is 66.7 Å². The topological polar surface area (TPSA) is 105 Å². The molecule has 1 N–H and O–H groups in total. The van der Waals surface area contributed by atoms with Crippen LogP contribution in [0.25, 0.3) is 0 Å². The molecular weight excluding hydrogens is 552 g/mol. The minimum absolute atomic E-state index is 0.0685. The minimum Gasteiger partial charge on any atom is -0.480 e. The van der Waals surface area contributed by atoms with Crippen LogP contribution in [0.5, 0.6) is 0 Å². The van der Waals surface area contributed by atoms with Crippen molar-refractivity contribution in [3.63, 3.8) is 0 Å². The largest absolute Gasteiger partial charge is 0.480 e. The van der Waals surface area contributed by atoms with Gasteiger partial charge in [0, 0.05) is 44.1 Å². The maximum absolute atomic E-state index is 12.7. The van der Waals surface area contributed by atoms with Crippen molar-refractivity contribution in [2.75, 3.05) is 6.54 Å². The van der Waals surface area contributed by atoms with E-state index in [1.54, 1.807) is 24.9 Å². The fourth-order valence-electron chi connectivity index (χ4n) is 5.54. The second-order valence-electron chi connectivity index (χ2n) is 12.3. The van der Waals surface area contributed by atoms with Crippen molar-refractivity contribution in [2.45, 2.75) is 124 Å². The van der Waals surface area contributed by atoms with Gasteiger partial charge in [-0.15, -0.1) is 6.58 Å². The monoisotopic (exact) mass is 608 g/mol. The van der Waals surface area contributed by atoms with Gasteiger partial charge in [0.25, 0.3) is 0 Å². The van der Waals surface area contributed by atoms with Gasteiger partial charge < -0.3 is 14.8 Å². The number of carboxylic acids is 1. The van der Waals surface area contributed by atoms with Crippen LogP contribution in [0.3, 0.4) is 0 Å². The number of aryl methyl sites for hydroxylation is 1. The Hall–Kier alpha value is -3.35. The van der Waals surface area contributed by atoms with E-state index in [1.807, 2.05) is 18.3 Å². The maximum atomic E-state index is 12.7. The molecule has 0 spiro atoms. The number of rotatable bonds is 20. The molecule has 3 atom stereocenters. The summed E-state index contributed by atoms with van der Waals surface area (Å²) in [6, 6.07) is 3.40. The van der Waals surface area contributed by atoms with Gasteiger partial charge in [-0.05, 0) is 89.2 Å². The zero-order valence-electron chi connectivity index (χ0n) is 27.7. The molecule has 1 saturated heterocycles. The molecule has 0 saturated carbocycles. The number of ketones is 3. The van der Waals surface area contributed by atoms with E-state index < -0.39 is 17.9 Å². The van der Waals surface area contributed by atoms with Gasteiger partial charge in [0.1, 0.15) is 17.6 Å². The average Bonchev–Trinajstić information content (AvgIpc) is 2.98. The van der Waals surface area contributed by atoms with Gasteiger partial charge in [-0.3, -0.25) is 14.6 Å². The molecule has 3 unspecified atom stereocenters. The highest BCUT2D eigenvalue weighted by Crippen LogP contribution is 2.24. The van der Waals surface area contributed by atoms with E-state index in [2.05, 4.69) is 44.1 Å². The van der Waals surface area contributed by atoms with E-state index in [4.69, 9.17) is 0 Å². The number of likely N-dealkylation sites (tertiary alicyclic amines) is 1. The summed E-state index contributed by atoms with van der Waals surface area (Å²) in [5.74, 6) is -0.790. The molecule has 1 aliphatic heterocycles. The summed E-state index contributed by atoms with van der Waals surface area (Å²) in [7, 11) is 0.